The van der Waals surface area contributed by atoms with E-state index in [2.05, 4.69) is 20.3 Å². The lowest BCUT2D eigenvalue weighted by Gasteiger charge is -2.19. The third kappa shape index (κ3) is 3.78. The fraction of sp³-hybridized carbons (Fsp3) is 0.500. The van der Waals surface area contributed by atoms with Crippen LogP contribution in [0.2, 0.25) is 0 Å². The molecule has 1 aromatic rings. The van der Waals surface area contributed by atoms with Gasteiger partial charge in [0.2, 0.25) is 0 Å². The minimum absolute atomic E-state index is 0.0679. The molecule has 0 bridgehead atoms. The number of nitrogens with zero attached hydrogens (tertiary/aromatic N) is 1. The van der Waals surface area contributed by atoms with Crippen LogP contribution in [0, 0.1) is 0 Å². The van der Waals surface area contributed by atoms with E-state index in [1.165, 1.54) is 13.3 Å². The molecule has 0 spiro atoms. The van der Waals surface area contributed by atoms with E-state index in [1.54, 1.807) is 20.8 Å². The third-order valence-electron chi connectivity index (χ3n) is 1.66. The van der Waals surface area contributed by atoms with E-state index in [1.807, 2.05) is 0 Å². The van der Waals surface area contributed by atoms with Crippen molar-refractivity contribution in [2.24, 2.45) is 0 Å². The third-order valence-corrected chi connectivity index (χ3v) is 1.66. The van der Waals surface area contributed by atoms with Gasteiger partial charge in [0.1, 0.15) is 5.60 Å². The van der Waals surface area contributed by atoms with Gasteiger partial charge >= 0.3 is 12.1 Å². The Labute approximate surface area is 98.5 Å². The first-order chi connectivity index (χ1) is 7.83. The number of carbonyl (C=O) groups is 2. The molecule has 0 atom stereocenters. The molecule has 0 fully saturated rings. The molecule has 17 heavy (non-hydrogen) atoms. The molecule has 7 nitrogen and oxygen atoms in total. The minimum Gasteiger partial charge on any atom is -0.464 e. The summed E-state index contributed by atoms with van der Waals surface area (Å²) in [7, 11) is 1.24. The standard InChI is InChI=1S/C10H15N3O4/c1-10(2,3)17-9(15)12-6-5-11-13-7(6)8(14)16-4/h5H,1-4H3,(H,11,13)(H,12,15). The van der Waals surface area contributed by atoms with Crippen molar-refractivity contribution in [2.75, 3.05) is 12.4 Å². The van der Waals surface area contributed by atoms with Crippen LogP contribution < -0.4 is 5.32 Å². The summed E-state index contributed by atoms with van der Waals surface area (Å²) in [5.41, 5.74) is -0.330. The molecule has 0 aromatic carbocycles. The summed E-state index contributed by atoms with van der Waals surface area (Å²) >= 11 is 0. The van der Waals surface area contributed by atoms with E-state index in [4.69, 9.17) is 4.74 Å². The molecule has 2 N–H and O–H groups in total. The average Bonchev–Trinajstić information content (AvgIpc) is 2.61. The number of anilines is 1. The van der Waals surface area contributed by atoms with Crippen LogP contribution in [0.4, 0.5) is 10.5 Å². The second-order valence-electron chi connectivity index (χ2n) is 4.28. The molecule has 0 unspecified atom stereocenters. The van der Waals surface area contributed by atoms with Crippen molar-refractivity contribution < 1.29 is 19.1 Å². The molecular weight excluding hydrogens is 226 g/mol. The smallest absolute Gasteiger partial charge is 0.412 e. The molecule has 7 heteroatoms. The van der Waals surface area contributed by atoms with E-state index in [0.29, 0.717) is 0 Å². The number of methoxy groups -OCH3 is 1. The second kappa shape index (κ2) is 4.86. The summed E-state index contributed by atoms with van der Waals surface area (Å²) in [5.74, 6) is -0.617. The van der Waals surface area contributed by atoms with Crippen LogP contribution in [0.3, 0.4) is 0 Å². The van der Waals surface area contributed by atoms with E-state index in [0.717, 1.165) is 0 Å². The predicted octanol–water partition coefficient (Wildman–Crippen LogP) is 1.54. The molecule has 0 aliphatic rings. The first-order valence-electron chi connectivity index (χ1n) is 4.95. The molecule has 0 saturated carbocycles. The van der Waals surface area contributed by atoms with Crippen LogP contribution in [0.15, 0.2) is 6.20 Å². The quantitative estimate of drug-likeness (QED) is 0.766. The van der Waals surface area contributed by atoms with Crippen molar-refractivity contribution in [2.45, 2.75) is 26.4 Å². The van der Waals surface area contributed by atoms with Crippen molar-refractivity contribution in [3.63, 3.8) is 0 Å². The maximum atomic E-state index is 11.5. The zero-order chi connectivity index (χ0) is 13.1. The van der Waals surface area contributed by atoms with Crippen molar-refractivity contribution in [1.82, 2.24) is 10.2 Å². The first kappa shape index (κ1) is 13.0. The van der Waals surface area contributed by atoms with Gasteiger partial charge in [0.05, 0.1) is 19.0 Å². The highest BCUT2D eigenvalue weighted by molar-refractivity contribution is 5.97. The summed E-state index contributed by atoms with van der Waals surface area (Å²) < 4.78 is 9.55. The zero-order valence-corrected chi connectivity index (χ0v) is 10.2. The largest absolute Gasteiger partial charge is 0.464 e. The molecule has 0 aliphatic carbocycles. The van der Waals surface area contributed by atoms with Crippen molar-refractivity contribution in [3.8, 4) is 0 Å². The van der Waals surface area contributed by atoms with Gasteiger partial charge in [-0.3, -0.25) is 10.4 Å². The second-order valence-corrected chi connectivity index (χ2v) is 4.28. The molecule has 1 rings (SSSR count). The summed E-state index contributed by atoms with van der Waals surface area (Å²) in [6, 6.07) is 0. The average molecular weight is 241 g/mol. The Hall–Kier alpha value is -2.05. The van der Waals surface area contributed by atoms with Crippen molar-refractivity contribution in [1.29, 1.82) is 0 Å². The molecular formula is C10H15N3O4. The van der Waals surface area contributed by atoms with Crippen LogP contribution in [0.25, 0.3) is 0 Å². The van der Waals surface area contributed by atoms with Gasteiger partial charge in [0.15, 0.2) is 5.69 Å². The molecule has 94 valence electrons. The number of rotatable bonds is 2. The predicted molar refractivity (Wildman–Crippen MR) is 59.8 cm³/mol. The Morgan fingerprint density at radius 1 is 1.41 bits per heavy atom. The molecule has 1 amide bonds. The molecule has 1 heterocycles. The number of hydrogen-bond donors (Lipinski definition) is 2. The Kier molecular flexibility index (Phi) is 3.72. The number of aromatic amines is 1. The number of hydrogen-bond acceptors (Lipinski definition) is 5. The highest BCUT2D eigenvalue weighted by Gasteiger charge is 2.20. The summed E-state index contributed by atoms with van der Waals surface area (Å²) in [4.78, 5) is 22.7. The van der Waals surface area contributed by atoms with Gasteiger partial charge in [-0.05, 0) is 20.8 Å². The lowest BCUT2D eigenvalue weighted by Crippen LogP contribution is -2.27. The zero-order valence-electron chi connectivity index (χ0n) is 10.2. The summed E-state index contributed by atoms with van der Waals surface area (Å²) in [6.45, 7) is 5.22. The maximum absolute atomic E-state index is 11.5. The lowest BCUT2D eigenvalue weighted by atomic mass is 10.2. The van der Waals surface area contributed by atoms with Gasteiger partial charge in [-0.1, -0.05) is 0 Å². The molecule has 0 saturated heterocycles. The first-order valence-corrected chi connectivity index (χ1v) is 4.95. The van der Waals surface area contributed by atoms with Gasteiger partial charge < -0.3 is 9.47 Å². The number of H-pyrrole nitrogens is 1. The Bertz CT molecular complexity index is 419. The van der Waals surface area contributed by atoms with Gasteiger partial charge in [-0.15, -0.1) is 0 Å². The van der Waals surface area contributed by atoms with E-state index < -0.39 is 17.7 Å². The fourth-order valence-electron chi connectivity index (χ4n) is 1.05. The summed E-state index contributed by atoms with van der Waals surface area (Å²) in [5, 5.41) is 8.48. The monoisotopic (exact) mass is 241 g/mol. The normalized spacial score (nSPS) is 10.8. The number of nitrogens with one attached hydrogen (secondary N) is 2. The van der Waals surface area contributed by atoms with Crippen LogP contribution in [0.5, 0.6) is 0 Å². The number of amides is 1. The Balaban J connectivity index is 2.72. The topological polar surface area (TPSA) is 93.3 Å². The minimum atomic E-state index is -0.663. The maximum Gasteiger partial charge on any atom is 0.412 e. The van der Waals surface area contributed by atoms with E-state index in [9.17, 15) is 9.59 Å². The summed E-state index contributed by atoms with van der Waals surface area (Å²) in [6.07, 6.45) is 0.639. The van der Waals surface area contributed by atoms with E-state index in [-0.39, 0.29) is 11.4 Å². The number of aromatic nitrogens is 2. The Morgan fingerprint density at radius 3 is 2.59 bits per heavy atom. The van der Waals surface area contributed by atoms with Crippen molar-refractivity contribution in [3.05, 3.63) is 11.9 Å². The van der Waals surface area contributed by atoms with Gasteiger partial charge in [-0.2, -0.15) is 5.10 Å². The van der Waals surface area contributed by atoms with Crippen LogP contribution >= 0.6 is 0 Å². The fourth-order valence-corrected chi connectivity index (χ4v) is 1.05. The van der Waals surface area contributed by atoms with E-state index >= 15 is 0 Å². The number of ether oxygens (including phenoxy) is 2. The van der Waals surface area contributed by atoms with Gasteiger partial charge in [0, 0.05) is 0 Å². The highest BCUT2D eigenvalue weighted by atomic mass is 16.6. The van der Waals surface area contributed by atoms with Gasteiger partial charge in [-0.25, -0.2) is 9.59 Å². The molecule has 0 aliphatic heterocycles. The van der Waals surface area contributed by atoms with Crippen molar-refractivity contribution >= 4 is 17.7 Å². The highest BCUT2D eigenvalue weighted by Crippen LogP contribution is 2.15. The van der Waals surface area contributed by atoms with Crippen LogP contribution in [-0.2, 0) is 9.47 Å². The lowest BCUT2D eigenvalue weighted by molar-refractivity contribution is 0.0595. The molecule has 1 aromatic heterocycles. The SMILES string of the molecule is COC(=O)c1[nH]ncc1NC(=O)OC(C)(C)C. The van der Waals surface area contributed by atoms with Gasteiger partial charge in [0.25, 0.3) is 0 Å². The Morgan fingerprint density at radius 2 is 2.06 bits per heavy atom. The van der Waals surface area contributed by atoms with Crippen LogP contribution in [0.1, 0.15) is 31.3 Å². The molecule has 0 radical (unpaired) electrons. The number of carbonyl (C=O) groups excluding carboxylic acids is 2. The number of esters is 1. The van der Waals surface area contributed by atoms with Crippen LogP contribution in [-0.4, -0.2) is 35.0 Å².